The van der Waals surface area contributed by atoms with Gasteiger partial charge in [-0.15, -0.1) is 0 Å². The number of carbonyl (C=O) groups is 1. The van der Waals surface area contributed by atoms with E-state index in [1.807, 2.05) is 0 Å². The molecule has 1 N–H and O–H groups in total. The molecule has 3 unspecified atom stereocenters. The Balaban J connectivity index is 1.34. The van der Waals surface area contributed by atoms with Crippen molar-refractivity contribution in [1.29, 1.82) is 0 Å². The summed E-state index contributed by atoms with van der Waals surface area (Å²) in [6.45, 7) is 11.5. The molecule has 0 aliphatic heterocycles. The first kappa shape index (κ1) is 18.6. The molecule has 4 heteroatoms. The zero-order chi connectivity index (χ0) is 19.9. The Hall–Kier alpha value is -0.193. The molecule has 6 aliphatic rings. The predicted molar refractivity (Wildman–Crippen MR) is 111 cm³/mol. The number of fused-ring (bicyclic) bond motifs is 10. The number of hydrogen-bond donors (Lipinski definition) is 1. The molecule has 0 spiro atoms. The predicted octanol–water partition coefficient (Wildman–Crippen LogP) is 4.65. The molecule has 0 aromatic rings. The van der Waals surface area contributed by atoms with Crippen molar-refractivity contribution in [1.82, 2.24) is 0 Å². The van der Waals surface area contributed by atoms with E-state index in [9.17, 15) is 9.90 Å². The number of ketones is 1. The Morgan fingerprint density at radius 1 is 1.04 bits per heavy atom. The van der Waals surface area contributed by atoms with Crippen molar-refractivity contribution in [2.24, 2.45) is 52.3 Å². The van der Waals surface area contributed by atoms with Crippen molar-refractivity contribution in [2.45, 2.75) is 90.1 Å². The van der Waals surface area contributed by atoms with Gasteiger partial charge in [0.1, 0.15) is 5.78 Å². The van der Waals surface area contributed by atoms with E-state index in [1.165, 1.54) is 12.8 Å². The van der Waals surface area contributed by atoms with Crippen LogP contribution < -0.4 is 0 Å². The maximum absolute atomic E-state index is 13.0. The highest BCUT2D eigenvalue weighted by Gasteiger charge is 2.78. The number of Topliss-reactive ketones (excluding diaryl/α,β-unsaturated/α-hetero) is 1. The fourth-order valence-corrected chi connectivity index (χ4v) is 10.6. The summed E-state index contributed by atoms with van der Waals surface area (Å²) in [6, 6.07) is 0. The monoisotopic (exact) mass is 402 g/mol. The quantitative estimate of drug-likeness (QED) is 0.684. The summed E-state index contributed by atoms with van der Waals surface area (Å²) in [4.78, 5) is 13.0. The molecule has 3 nitrogen and oxygen atoms in total. The van der Waals surface area contributed by atoms with Crippen molar-refractivity contribution < 1.29 is 14.3 Å². The van der Waals surface area contributed by atoms with Crippen LogP contribution in [0, 0.1) is 52.3 Å². The van der Waals surface area contributed by atoms with Gasteiger partial charge in [-0.1, -0.05) is 13.8 Å². The molecular formula is C24H38O3Si. The lowest BCUT2D eigenvalue weighted by Gasteiger charge is -2.63. The second-order valence-electron chi connectivity index (χ2n) is 13.0. The van der Waals surface area contributed by atoms with Crippen LogP contribution in [0.25, 0.3) is 0 Å². The van der Waals surface area contributed by atoms with Gasteiger partial charge in [0, 0.05) is 23.9 Å². The summed E-state index contributed by atoms with van der Waals surface area (Å²) in [5.74, 6) is 4.76. The summed E-state index contributed by atoms with van der Waals surface area (Å²) in [7, 11) is -1.59. The minimum absolute atomic E-state index is 0.0198. The fourth-order valence-electron chi connectivity index (χ4n) is 9.41. The second kappa shape index (κ2) is 5.16. The highest BCUT2D eigenvalue weighted by molar-refractivity contribution is 6.69. The van der Waals surface area contributed by atoms with E-state index in [0.29, 0.717) is 47.2 Å². The molecule has 6 rings (SSSR count). The van der Waals surface area contributed by atoms with Crippen LogP contribution in [0.5, 0.6) is 0 Å². The van der Waals surface area contributed by atoms with Crippen molar-refractivity contribution in [3.8, 4) is 0 Å². The Morgan fingerprint density at radius 3 is 2.50 bits per heavy atom. The standard InChI is InChI=1S/C24H38O3Si/c1-22-8-7-17-19(20(22)14-10-15(14)21(22)25)16-11-18(16)24(26)12-13(27-28(3,4)5)6-9-23(17,24)2/h13-20,26H,6-12H2,1-5H3/t13-,14+,15-,16-,17?,18+,19?,20?,22-,23+,24+/m0/s1. The van der Waals surface area contributed by atoms with Crippen LogP contribution in [0.2, 0.25) is 19.6 Å². The van der Waals surface area contributed by atoms with Crippen LogP contribution in [0.1, 0.15) is 58.8 Å². The maximum atomic E-state index is 13.0. The molecule has 28 heavy (non-hydrogen) atoms. The average molecular weight is 403 g/mol. The van der Waals surface area contributed by atoms with Gasteiger partial charge in [-0.2, -0.15) is 0 Å². The first-order chi connectivity index (χ1) is 13.0. The molecule has 0 saturated heterocycles. The van der Waals surface area contributed by atoms with E-state index in [-0.39, 0.29) is 16.9 Å². The number of aliphatic hydroxyl groups is 1. The van der Waals surface area contributed by atoms with Gasteiger partial charge in [0.25, 0.3) is 0 Å². The van der Waals surface area contributed by atoms with Gasteiger partial charge in [-0.3, -0.25) is 4.79 Å². The zero-order valence-corrected chi connectivity index (χ0v) is 19.3. The maximum Gasteiger partial charge on any atom is 0.184 e. The van der Waals surface area contributed by atoms with Gasteiger partial charge in [-0.05, 0) is 99.1 Å². The van der Waals surface area contributed by atoms with E-state index < -0.39 is 13.9 Å². The Morgan fingerprint density at radius 2 is 1.79 bits per heavy atom. The molecule has 0 aromatic carbocycles. The van der Waals surface area contributed by atoms with Crippen molar-refractivity contribution >= 4 is 14.1 Å². The molecule has 6 saturated carbocycles. The van der Waals surface area contributed by atoms with Gasteiger partial charge in [-0.25, -0.2) is 0 Å². The summed E-state index contributed by atoms with van der Waals surface area (Å²) < 4.78 is 6.50. The van der Waals surface area contributed by atoms with Crippen LogP contribution in [0.3, 0.4) is 0 Å². The van der Waals surface area contributed by atoms with Crippen LogP contribution in [0.4, 0.5) is 0 Å². The minimum atomic E-state index is -1.59. The lowest BCUT2D eigenvalue weighted by molar-refractivity contribution is -0.224. The lowest BCUT2D eigenvalue weighted by atomic mass is 9.43. The normalized spacial score (nSPS) is 61.6. The molecule has 6 fully saturated rings. The first-order valence-electron chi connectivity index (χ1n) is 11.9. The van der Waals surface area contributed by atoms with Crippen LogP contribution in [-0.2, 0) is 9.22 Å². The molecule has 6 aliphatic carbocycles. The van der Waals surface area contributed by atoms with Gasteiger partial charge < -0.3 is 9.53 Å². The third-order valence-electron chi connectivity index (χ3n) is 10.6. The van der Waals surface area contributed by atoms with E-state index in [4.69, 9.17) is 4.43 Å². The highest BCUT2D eigenvalue weighted by atomic mass is 28.4. The van der Waals surface area contributed by atoms with E-state index in [0.717, 1.165) is 32.1 Å². The van der Waals surface area contributed by atoms with E-state index in [2.05, 4.69) is 33.5 Å². The van der Waals surface area contributed by atoms with E-state index in [1.54, 1.807) is 0 Å². The van der Waals surface area contributed by atoms with Gasteiger partial charge >= 0.3 is 0 Å². The molecule has 0 amide bonds. The summed E-state index contributed by atoms with van der Waals surface area (Å²) >= 11 is 0. The van der Waals surface area contributed by atoms with Gasteiger partial charge in [0.2, 0.25) is 0 Å². The topological polar surface area (TPSA) is 46.5 Å². The zero-order valence-electron chi connectivity index (χ0n) is 18.3. The minimum Gasteiger partial charge on any atom is -0.415 e. The molecule has 156 valence electrons. The molecule has 0 heterocycles. The molecule has 0 radical (unpaired) electrons. The van der Waals surface area contributed by atoms with Crippen LogP contribution in [-0.4, -0.2) is 30.9 Å². The van der Waals surface area contributed by atoms with Crippen molar-refractivity contribution in [3.05, 3.63) is 0 Å². The van der Waals surface area contributed by atoms with E-state index >= 15 is 0 Å². The SMILES string of the molecule is C[C@]12CCC3C(C1[C@@H]1C[C@@H]1C2=O)[C@H]1C[C@H]1[C@]1(O)C[C@@H](O[Si](C)(C)C)CC[C@]31C. The summed E-state index contributed by atoms with van der Waals surface area (Å²) in [5, 5.41) is 12.2. The number of rotatable bonds is 2. The Labute approximate surface area is 171 Å². The third kappa shape index (κ3) is 2.11. The Kier molecular flexibility index (Phi) is 3.42. The lowest BCUT2D eigenvalue weighted by Crippen LogP contribution is -2.65. The smallest absolute Gasteiger partial charge is 0.184 e. The molecular weight excluding hydrogens is 364 g/mol. The number of carbonyl (C=O) groups excluding carboxylic acids is 1. The highest BCUT2D eigenvalue weighted by Crippen LogP contribution is 2.79. The van der Waals surface area contributed by atoms with Gasteiger partial charge in [0.05, 0.1) is 5.60 Å². The van der Waals surface area contributed by atoms with Crippen LogP contribution >= 0.6 is 0 Å². The largest absolute Gasteiger partial charge is 0.415 e. The average Bonchev–Trinajstić information content (AvgIpc) is 3.47. The van der Waals surface area contributed by atoms with Crippen LogP contribution in [0.15, 0.2) is 0 Å². The Bertz CT molecular complexity index is 745. The number of hydrogen-bond acceptors (Lipinski definition) is 3. The molecule has 0 bridgehead atoms. The summed E-state index contributed by atoms with van der Waals surface area (Å²) in [5.41, 5.74) is -0.557. The van der Waals surface area contributed by atoms with Crippen molar-refractivity contribution in [3.63, 3.8) is 0 Å². The second-order valence-corrected chi connectivity index (χ2v) is 17.4. The molecule has 11 atom stereocenters. The molecule has 0 aromatic heterocycles. The third-order valence-corrected chi connectivity index (χ3v) is 11.6. The van der Waals surface area contributed by atoms with Crippen molar-refractivity contribution in [2.75, 3.05) is 0 Å². The van der Waals surface area contributed by atoms with Gasteiger partial charge in [0.15, 0.2) is 8.32 Å². The first-order valence-corrected chi connectivity index (χ1v) is 15.3. The fraction of sp³-hybridized carbons (Fsp3) is 0.958. The summed E-state index contributed by atoms with van der Waals surface area (Å²) in [6.07, 6.45) is 7.92.